The third-order valence-electron chi connectivity index (χ3n) is 0.672. The van der Waals surface area contributed by atoms with E-state index >= 15 is 0 Å². The Bertz CT molecular complexity index is 138. The van der Waals surface area contributed by atoms with Crippen LogP contribution in [0.5, 0.6) is 0 Å². The summed E-state index contributed by atoms with van der Waals surface area (Å²) in [6.45, 7) is 0. The molecule has 0 heterocycles. The molecule has 0 aliphatic carbocycles. The Morgan fingerprint density at radius 3 is 2.27 bits per heavy atom. The molecular formula is C3H7Cl4N2OP. The molecule has 0 saturated carbocycles. The van der Waals surface area contributed by atoms with Crippen molar-refractivity contribution in [3.05, 3.63) is 0 Å². The Morgan fingerprint density at radius 1 is 1.36 bits per heavy atom. The van der Waals surface area contributed by atoms with Crippen molar-refractivity contribution in [2.75, 3.05) is 5.88 Å². The molecule has 0 saturated heterocycles. The molecule has 1 unspecified atom stereocenters. The van der Waals surface area contributed by atoms with Gasteiger partial charge in [0.15, 0.2) is 0 Å². The van der Waals surface area contributed by atoms with Crippen LogP contribution in [0.25, 0.3) is 0 Å². The van der Waals surface area contributed by atoms with E-state index in [4.69, 9.17) is 50.4 Å². The van der Waals surface area contributed by atoms with Gasteiger partial charge in [-0.1, -0.05) is 0 Å². The average Bonchev–Trinajstić information content (AvgIpc) is 1.83. The zero-order valence-corrected chi connectivity index (χ0v) is 9.37. The summed E-state index contributed by atoms with van der Waals surface area (Å²) in [7, 11) is 0. The molecule has 0 aliphatic rings. The van der Waals surface area contributed by atoms with Crippen molar-refractivity contribution >= 4 is 50.8 Å². The zero-order chi connectivity index (χ0) is 8.91. The summed E-state index contributed by atoms with van der Waals surface area (Å²) in [5.41, 5.74) is -3.08. The molecular weight excluding hydrogens is 253 g/mol. The van der Waals surface area contributed by atoms with Crippen molar-refractivity contribution in [3.8, 4) is 0 Å². The van der Waals surface area contributed by atoms with Gasteiger partial charge in [-0.2, -0.15) is 0 Å². The zero-order valence-electron chi connectivity index (χ0n) is 5.35. The molecule has 0 spiro atoms. The van der Waals surface area contributed by atoms with E-state index in [-0.39, 0.29) is 0 Å². The van der Waals surface area contributed by atoms with E-state index < -0.39 is 11.7 Å². The normalized spacial score (nSPS) is 17.2. The predicted octanol–water partition coefficient (Wildman–Crippen LogP) is 3.51. The number of rotatable bonds is 4. The molecule has 68 valence electrons. The van der Waals surface area contributed by atoms with Crippen LogP contribution in [0.3, 0.4) is 0 Å². The Labute approximate surface area is 84.4 Å². The van der Waals surface area contributed by atoms with Crippen LogP contribution in [-0.2, 0) is 0 Å². The van der Waals surface area contributed by atoms with Crippen LogP contribution in [0.2, 0.25) is 0 Å². The first-order chi connectivity index (χ1) is 4.95. The molecule has 0 aromatic carbocycles. The minimum atomic E-state index is -3.08. The molecule has 8 heteroatoms. The summed E-state index contributed by atoms with van der Waals surface area (Å²) in [5.74, 6) is 0.293. The summed E-state index contributed by atoms with van der Waals surface area (Å²) in [4.78, 5) is 3.33. The SMILES string of the molecule is OC(CCCl)N=N[PH](Cl)(Cl)Cl. The number of hydrogen-bond donors (Lipinski definition) is 1. The molecule has 0 aliphatic heterocycles. The molecule has 3 nitrogen and oxygen atoms in total. The van der Waals surface area contributed by atoms with E-state index in [1.165, 1.54) is 0 Å². The van der Waals surface area contributed by atoms with Crippen molar-refractivity contribution in [2.45, 2.75) is 12.6 Å². The van der Waals surface area contributed by atoms with Crippen LogP contribution in [0.1, 0.15) is 6.42 Å². The summed E-state index contributed by atoms with van der Waals surface area (Å²) in [6, 6.07) is 0. The molecule has 0 amide bonds. The topological polar surface area (TPSA) is 45.0 Å². The van der Waals surface area contributed by atoms with Gasteiger partial charge in [-0.15, -0.1) is 0 Å². The monoisotopic (exact) mass is 258 g/mol. The van der Waals surface area contributed by atoms with Gasteiger partial charge in [0.1, 0.15) is 0 Å². The quantitative estimate of drug-likeness (QED) is 0.469. The van der Waals surface area contributed by atoms with Crippen molar-refractivity contribution in [3.63, 3.8) is 0 Å². The fourth-order valence-corrected chi connectivity index (χ4v) is 1.14. The van der Waals surface area contributed by atoms with Gasteiger partial charge < -0.3 is 0 Å². The predicted molar refractivity (Wildman–Crippen MR) is 52.1 cm³/mol. The first-order valence-electron chi connectivity index (χ1n) is 2.68. The van der Waals surface area contributed by atoms with E-state index in [0.29, 0.717) is 12.3 Å². The molecule has 0 fully saturated rings. The third kappa shape index (κ3) is 9.06. The number of halogens is 4. The van der Waals surface area contributed by atoms with Crippen LogP contribution < -0.4 is 0 Å². The first-order valence-corrected chi connectivity index (χ1v) is 8.20. The van der Waals surface area contributed by atoms with E-state index in [2.05, 4.69) is 10.00 Å². The maximum absolute atomic E-state index is 8.91. The first kappa shape index (κ1) is 12.2. The van der Waals surface area contributed by atoms with E-state index in [0.717, 1.165) is 0 Å². The summed E-state index contributed by atoms with van der Waals surface area (Å²) < 4.78 is 0. The van der Waals surface area contributed by atoms with Crippen molar-refractivity contribution < 1.29 is 5.11 Å². The van der Waals surface area contributed by atoms with Crippen LogP contribution in [-0.4, -0.2) is 17.2 Å². The van der Waals surface area contributed by atoms with Gasteiger partial charge >= 0.3 is 84.4 Å². The number of nitrogens with zero attached hydrogens (tertiary/aromatic N) is 2. The van der Waals surface area contributed by atoms with Crippen LogP contribution in [0, 0.1) is 0 Å². The molecule has 0 radical (unpaired) electrons. The van der Waals surface area contributed by atoms with Gasteiger partial charge in [0.2, 0.25) is 0 Å². The van der Waals surface area contributed by atoms with Crippen LogP contribution in [0.4, 0.5) is 0 Å². The van der Waals surface area contributed by atoms with Crippen LogP contribution in [0.15, 0.2) is 10.00 Å². The molecule has 1 N–H and O–H groups in total. The Hall–Kier alpha value is 1.15. The van der Waals surface area contributed by atoms with Crippen molar-refractivity contribution in [1.82, 2.24) is 0 Å². The van der Waals surface area contributed by atoms with Gasteiger partial charge in [-0.05, 0) is 0 Å². The standard InChI is InChI=1S/C3H7Cl4N2OP/c4-2-1-3(10)8-9-11(5,6)7/h3,10-11H,1-2H2. The van der Waals surface area contributed by atoms with Crippen molar-refractivity contribution in [2.24, 2.45) is 10.00 Å². The van der Waals surface area contributed by atoms with Gasteiger partial charge in [-0.25, -0.2) is 0 Å². The second-order valence-electron chi connectivity index (χ2n) is 1.64. The molecule has 0 rings (SSSR count). The van der Waals surface area contributed by atoms with E-state index in [1.807, 2.05) is 0 Å². The summed E-state index contributed by atoms with van der Waals surface area (Å²) in [6.07, 6.45) is -0.657. The Kier molecular flexibility index (Phi) is 6.34. The number of alkyl halides is 1. The second kappa shape index (κ2) is 5.74. The van der Waals surface area contributed by atoms with Gasteiger partial charge in [0, 0.05) is 0 Å². The fourth-order valence-electron chi connectivity index (χ4n) is 0.287. The second-order valence-corrected chi connectivity index (χ2v) is 9.82. The Morgan fingerprint density at radius 2 is 1.91 bits per heavy atom. The number of aliphatic hydroxyl groups is 1. The number of aliphatic hydroxyl groups excluding tert-OH is 1. The van der Waals surface area contributed by atoms with Gasteiger partial charge in [-0.3, -0.25) is 0 Å². The molecule has 0 aromatic heterocycles. The minimum absolute atomic E-state index is 0.293. The van der Waals surface area contributed by atoms with Crippen molar-refractivity contribution in [1.29, 1.82) is 0 Å². The third-order valence-corrected chi connectivity index (χ3v) is 1.91. The number of hydrogen-bond acceptors (Lipinski definition) is 3. The molecule has 0 bridgehead atoms. The summed E-state index contributed by atoms with van der Waals surface area (Å²) >= 11 is 21.3. The fraction of sp³-hybridized carbons (Fsp3) is 1.00. The average molecular weight is 260 g/mol. The van der Waals surface area contributed by atoms with E-state index in [9.17, 15) is 0 Å². The molecule has 11 heavy (non-hydrogen) atoms. The Balaban J connectivity index is 3.73. The van der Waals surface area contributed by atoms with Gasteiger partial charge in [0.05, 0.1) is 0 Å². The molecule has 0 aromatic rings. The van der Waals surface area contributed by atoms with Gasteiger partial charge in [0.25, 0.3) is 0 Å². The summed E-state index contributed by atoms with van der Waals surface area (Å²) in [5, 5.41) is 12.3. The maximum atomic E-state index is 8.91. The molecule has 1 atom stereocenters. The van der Waals surface area contributed by atoms with E-state index in [1.54, 1.807) is 0 Å². The van der Waals surface area contributed by atoms with Crippen LogP contribution >= 0.6 is 50.8 Å².